The molecule has 1 aromatic carbocycles. The largest absolute Gasteiger partial charge is 0.478 e. The molecule has 4 heteroatoms. The Morgan fingerprint density at radius 1 is 1.19 bits per heavy atom. The minimum absolute atomic E-state index is 0.112. The minimum Gasteiger partial charge on any atom is -0.478 e. The van der Waals surface area contributed by atoms with Crippen molar-refractivity contribution in [2.45, 2.75) is 26.2 Å². The van der Waals surface area contributed by atoms with Crippen molar-refractivity contribution >= 4 is 5.97 Å². The van der Waals surface area contributed by atoms with Gasteiger partial charge in [0.2, 0.25) is 6.43 Å². The average molecular weight is 228 g/mol. The fourth-order valence-corrected chi connectivity index (χ4v) is 1.67. The summed E-state index contributed by atoms with van der Waals surface area (Å²) < 4.78 is 25.6. The Labute approximate surface area is 92.9 Å². The number of carboxylic acid groups (broad SMARTS) is 1. The lowest BCUT2D eigenvalue weighted by atomic mass is 9.88. The quantitative estimate of drug-likeness (QED) is 0.857. The number of alkyl halides is 2. The van der Waals surface area contributed by atoms with Crippen LogP contribution >= 0.6 is 0 Å². The zero-order valence-electron chi connectivity index (χ0n) is 9.15. The molecule has 0 saturated carbocycles. The molecule has 0 aromatic heterocycles. The van der Waals surface area contributed by atoms with Crippen molar-refractivity contribution < 1.29 is 18.7 Å². The Morgan fingerprint density at radius 3 is 2.00 bits per heavy atom. The van der Waals surface area contributed by atoms with E-state index in [1.54, 1.807) is 13.8 Å². The monoisotopic (exact) mass is 228 g/mol. The molecule has 0 bridgehead atoms. The average Bonchev–Trinajstić information content (AvgIpc) is 2.17. The van der Waals surface area contributed by atoms with E-state index in [0.29, 0.717) is 5.56 Å². The van der Waals surface area contributed by atoms with Crippen molar-refractivity contribution in [1.29, 1.82) is 0 Å². The highest BCUT2D eigenvalue weighted by Crippen LogP contribution is 2.30. The van der Waals surface area contributed by atoms with Crippen molar-refractivity contribution in [3.8, 4) is 0 Å². The van der Waals surface area contributed by atoms with Gasteiger partial charge in [0.05, 0.1) is 5.56 Å². The third-order valence-corrected chi connectivity index (χ3v) is 2.53. The Kier molecular flexibility index (Phi) is 3.99. The third kappa shape index (κ3) is 2.78. The minimum atomic E-state index is -2.43. The normalized spacial score (nSPS) is 13.1. The molecule has 16 heavy (non-hydrogen) atoms. The summed E-state index contributed by atoms with van der Waals surface area (Å²) in [5, 5.41) is 8.68. The van der Waals surface area contributed by atoms with Gasteiger partial charge in [-0.2, -0.15) is 0 Å². The Bertz CT molecular complexity index is 350. The molecular weight excluding hydrogens is 214 g/mol. The molecule has 0 saturated heterocycles. The van der Waals surface area contributed by atoms with Crippen LogP contribution in [-0.4, -0.2) is 17.5 Å². The molecular formula is C12H14F2O2. The summed E-state index contributed by atoms with van der Waals surface area (Å²) in [6.45, 7) is 3.45. The number of hydrogen-bond acceptors (Lipinski definition) is 1. The van der Waals surface area contributed by atoms with E-state index in [1.165, 1.54) is 24.3 Å². The van der Waals surface area contributed by atoms with Crippen LogP contribution in [0.15, 0.2) is 24.3 Å². The van der Waals surface area contributed by atoms with Gasteiger partial charge in [0.25, 0.3) is 0 Å². The summed E-state index contributed by atoms with van der Waals surface area (Å²) in [6, 6.07) is 5.63. The predicted octanol–water partition coefficient (Wildman–Crippen LogP) is 3.39. The van der Waals surface area contributed by atoms with Gasteiger partial charge in [-0.3, -0.25) is 0 Å². The van der Waals surface area contributed by atoms with E-state index in [2.05, 4.69) is 0 Å². The first-order chi connectivity index (χ1) is 7.43. The highest BCUT2D eigenvalue weighted by Gasteiger charge is 2.25. The van der Waals surface area contributed by atoms with Crippen LogP contribution in [0.3, 0.4) is 0 Å². The number of benzene rings is 1. The van der Waals surface area contributed by atoms with Crippen molar-refractivity contribution in [2.75, 3.05) is 0 Å². The van der Waals surface area contributed by atoms with E-state index in [4.69, 9.17) is 5.11 Å². The molecule has 0 fully saturated rings. The van der Waals surface area contributed by atoms with Gasteiger partial charge in [-0.1, -0.05) is 26.0 Å². The Morgan fingerprint density at radius 2 is 1.69 bits per heavy atom. The van der Waals surface area contributed by atoms with Crippen molar-refractivity contribution in [2.24, 2.45) is 5.92 Å². The molecule has 2 nitrogen and oxygen atoms in total. The fourth-order valence-electron chi connectivity index (χ4n) is 1.67. The van der Waals surface area contributed by atoms with E-state index < -0.39 is 18.3 Å². The maximum atomic E-state index is 12.8. The van der Waals surface area contributed by atoms with E-state index in [0.717, 1.165) is 0 Å². The lowest BCUT2D eigenvalue weighted by Crippen LogP contribution is -2.15. The lowest BCUT2D eigenvalue weighted by Gasteiger charge is -2.20. The number of aromatic carboxylic acids is 1. The van der Waals surface area contributed by atoms with Gasteiger partial charge < -0.3 is 5.11 Å². The second-order valence-corrected chi connectivity index (χ2v) is 4.03. The summed E-state index contributed by atoms with van der Waals surface area (Å²) in [5.74, 6) is -2.08. The third-order valence-electron chi connectivity index (χ3n) is 2.53. The van der Waals surface area contributed by atoms with E-state index in [-0.39, 0.29) is 11.5 Å². The van der Waals surface area contributed by atoms with Crippen LogP contribution in [0.2, 0.25) is 0 Å². The van der Waals surface area contributed by atoms with Crippen LogP contribution in [0.5, 0.6) is 0 Å². The summed E-state index contributed by atoms with van der Waals surface area (Å²) in [4.78, 5) is 10.6. The SMILES string of the molecule is CC(C)C(c1ccc(C(=O)O)cc1)C(F)F. The van der Waals surface area contributed by atoms with Crippen LogP contribution in [0.1, 0.15) is 35.7 Å². The van der Waals surface area contributed by atoms with Gasteiger partial charge >= 0.3 is 5.97 Å². The van der Waals surface area contributed by atoms with Gasteiger partial charge in [-0.05, 0) is 23.6 Å². The smallest absolute Gasteiger partial charge is 0.335 e. The number of carbonyl (C=O) groups is 1. The maximum absolute atomic E-state index is 12.8. The molecule has 0 amide bonds. The van der Waals surface area contributed by atoms with E-state index in [1.807, 2.05) is 0 Å². The Hall–Kier alpha value is -1.45. The Balaban J connectivity index is 2.99. The number of rotatable bonds is 4. The molecule has 1 aromatic rings. The molecule has 0 aliphatic carbocycles. The molecule has 88 valence electrons. The van der Waals surface area contributed by atoms with Crippen LogP contribution in [-0.2, 0) is 0 Å². The molecule has 1 N–H and O–H groups in total. The molecule has 1 rings (SSSR count). The van der Waals surface area contributed by atoms with Crippen molar-refractivity contribution in [3.63, 3.8) is 0 Å². The van der Waals surface area contributed by atoms with Crippen molar-refractivity contribution in [3.05, 3.63) is 35.4 Å². The maximum Gasteiger partial charge on any atom is 0.335 e. The van der Waals surface area contributed by atoms with Gasteiger partial charge in [0, 0.05) is 5.92 Å². The molecule has 0 aliphatic rings. The molecule has 0 heterocycles. The first-order valence-corrected chi connectivity index (χ1v) is 5.05. The lowest BCUT2D eigenvalue weighted by molar-refractivity contribution is 0.0697. The van der Waals surface area contributed by atoms with Crippen LogP contribution < -0.4 is 0 Å². The van der Waals surface area contributed by atoms with Gasteiger partial charge in [-0.25, -0.2) is 13.6 Å². The molecule has 0 radical (unpaired) electrons. The number of halogens is 2. The van der Waals surface area contributed by atoms with Gasteiger partial charge in [-0.15, -0.1) is 0 Å². The summed E-state index contributed by atoms with van der Waals surface area (Å²) in [5.41, 5.74) is 0.593. The van der Waals surface area contributed by atoms with Crippen LogP contribution in [0.25, 0.3) is 0 Å². The highest BCUT2D eigenvalue weighted by atomic mass is 19.3. The molecule has 1 unspecified atom stereocenters. The summed E-state index contributed by atoms with van der Waals surface area (Å²) in [7, 11) is 0. The second kappa shape index (κ2) is 5.05. The van der Waals surface area contributed by atoms with E-state index >= 15 is 0 Å². The first-order valence-electron chi connectivity index (χ1n) is 5.05. The molecule has 0 spiro atoms. The highest BCUT2D eigenvalue weighted by molar-refractivity contribution is 5.87. The molecule has 0 aliphatic heterocycles. The number of hydrogen-bond donors (Lipinski definition) is 1. The zero-order chi connectivity index (χ0) is 12.3. The predicted molar refractivity (Wildman–Crippen MR) is 57.0 cm³/mol. The van der Waals surface area contributed by atoms with Crippen LogP contribution in [0.4, 0.5) is 8.78 Å². The van der Waals surface area contributed by atoms with Gasteiger partial charge in [0.15, 0.2) is 0 Å². The zero-order valence-corrected chi connectivity index (χ0v) is 9.15. The second-order valence-electron chi connectivity index (χ2n) is 4.03. The van der Waals surface area contributed by atoms with E-state index in [9.17, 15) is 13.6 Å². The van der Waals surface area contributed by atoms with Gasteiger partial charge in [0.1, 0.15) is 0 Å². The summed E-state index contributed by atoms with van der Waals surface area (Å²) >= 11 is 0. The molecule has 1 atom stereocenters. The van der Waals surface area contributed by atoms with Crippen molar-refractivity contribution in [1.82, 2.24) is 0 Å². The standard InChI is InChI=1S/C12H14F2O2/c1-7(2)10(11(13)14)8-3-5-9(6-4-8)12(15)16/h3-7,10-11H,1-2H3,(H,15,16). The summed E-state index contributed by atoms with van der Waals surface area (Å²) in [6.07, 6.45) is -2.43. The topological polar surface area (TPSA) is 37.3 Å². The first kappa shape index (κ1) is 12.6. The fraction of sp³-hybridized carbons (Fsp3) is 0.417. The number of carboxylic acids is 1. The van der Waals surface area contributed by atoms with Crippen LogP contribution in [0, 0.1) is 5.92 Å².